The molecule has 0 atom stereocenters. The van der Waals surface area contributed by atoms with E-state index in [1.54, 1.807) is 23.1 Å². The average Bonchev–Trinajstić information content (AvgIpc) is 2.47. The van der Waals surface area contributed by atoms with Gasteiger partial charge < -0.3 is 10.0 Å². The first-order valence-corrected chi connectivity index (χ1v) is 7.25. The summed E-state index contributed by atoms with van der Waals surface area (Å²) >= 11 is 0. The quantitative estimate of drug-likeness (QED) is 0.909. The Morgan fingerprint density at radius 1 is 1.14 bits per heavy atom. The lowest BCUT2D eigenvalue weighted by molar-refractivity contribution is -0.118. The number of carbonyl (C=O) groups excluding carboxylic acids is 1. The van der Waals surface area contributed by atoms with Crippen molar-refractivity contribution in [2.24, 2.45) is 0 Å². The molecule has 0 unspecified atom stereocenters. The molecule has 0 fully saturated rings. The van der Waals surface area contributed by atoms with Gasteiger partial charge in [0.2, 0.25) is 5.91 Å². The molecule has 0 heterocycles. The van der Waals surface area contributed by atoms with Gasteiger partial charge in [0.05, 0.1) is 0 Å². The third kappa shape index (κ3) is 3.85. The second-order valence-corrected chi connectivity index (χ2v) is 5.08. The maximum Gasteiger partial charge on any atom is 0.227 e. The van der Waals surface area contributed by atoms with Crippen molar-refractivity contribution < 1.29 is 9.90 Å². The molecule has 0 spiro atoms. The average molecular weight is 283 g/mol. The first-order chi connectivity index (χ1) is 10.1. The van der Waals surface area contributed by atoms with Gasteiger partial charge in [-0.15, -0.1) is 0 Å². The van der Waals surface area contributed by atoms with Gasteiger partial charge in [-0.25, -0.2) is 0 Å². The summed E-state index contributed by atoms with van der Waals surface area (Å²) < 4.78 is 0. The van der Waals surface area contributed by atoms with E-state index in [4.69, 9.17) is 0 Å². The number of hydrogen-bond donors (Lipinski definition) is 1. The van der Waals surface area contributed by atoms with Crippen molar-refractivity contribution in [3.05, 3.63) is 59.7 Å². The number of nitrogens with zero attached hydrogens (tertiary/aromatic N) is 1. The van der Waals surface area contributed by atoms with Crippen LogP contribution in [0.2, 0.25) is 0 Å². The fourth-order valence-corrected chi connectivity index (χ4v) is 2.43. The van der Waals surface area contributed by atoms with E-state index in [1.165, 1.54) is 11.1 Å². The number of phenols is 1. The van der Waals surface area contributed by atoms with Crippen molar-refractivity contribution in [1.82, 2.24) is 0 Å². The molecule has 0 saturated heterocycles. The van der Waals surface area contributed by atoms with E-state index < -0.39 is 0 Å². The number of aryl methyl sites for hydroxylation is 2. The number of benzene rings is 2. The number of anilines is 1. The Balaban J connectivity index is 2.06. The predicted octanol–water partition coefficient (Wildman–Crippen LogP) is 3.69. The molecule has 0 radical (unpaired) electrons. The van der Waals surface area contributed by atoms with Gasteiger partial charge in [0.15, 0.2) is 0 Å². The molecule has 0 aliphatic heterocycles. The lowest BCUT2D eigenvalue weighted by Gasteiger charge is -2.21. The third-order valence-corrected chi connectivity index (χ3v) is 3.63. The van der Waals surface area contributed by atoms with Crippen molar-refractivity contribution in [2.45, 2.75) is 26.7 Å². The highest BCUT2D eigenvalue weighted by molar-refractivity contribution is 5.93. The van der Waals surface area contributed by atoms with E-state index >= 15 is 0 Å². The maximum absolute atomic E-state index is 12.4. The Kier molecular flexibility index (Phi) is 4.99. The summed E-state index contributed by atoms with van der Waals surface area (Å²) in [6, 6.07) is 15.0. The molecule has 2 aromatic rings. The van der Waals surface area contributed by atoms with E-state index in [9.17, 15) is 9.90 Å². The van der Waals surface area contributed by atoms with E-state index in [0.29, 0.717) is 13.0 Å². The Hall–Kier alpha value is -2.29. The van der Waals surface area contributed by atoms with E-state index in [2.05, 4.69) is 19.1 Å². The van der Waals surface area contributed by atoms with Crippen molar-refractivity contribution in [1.29, 1.82) is 0 Å². The van der Waals surface area contributed by atoms with Crippen LogP contribution in [0.4, 0.5) is 5.69 Å². The smallest absolute Gasteiger partial charge is 0.227 e. The molecule has 1 N–H and O–H groups in total. The summed E-state index contributed by atoms with van der Waals surface area (Å²) in [4.78, 5) is 14.1. The molecule has 1 amide bonds. The first kappa shape index (κ1) is 15.1. The van der Waals surface area contributed by atoms with Gasteiger partial charge in [0.25, 0.3) is 0 Å². The molecule has 0 aromatic heterocycles. The molecule has 0 aliphatic rings. The summed E-state index contributed by atoms with van der Waals surface area (Å²) in [5.74, 6) is 0.254. The lowest BCUT2D eigenvalue weighted by atomic mass is 10.0. The highest BCUT2D eigenvalue weighted by Crippen LogP contribution is 2.21. The zero-order valence-corrected chi connectivity index (χ0v) is 12.5. The number of rotatable bonds is 5. The van der Waals surface area contributed by atoms with E-state index in [1.807, 2.05) is 25.1 Å². The second-order valence-electron chi connectivity index (χ2n) is 5.08. The summed E-state index contributed by atoms with van der Waals surface area (Å²) in [5.41, 5.74) is 3.16. The first-order valence-electron chi connectivity index (χ1n) is 7.25. The van der Waals surface area contributed by atoms with Crippen molar-refractivity contribution in [2.75, 3.05) is 11.4 Å². The normalized spacial score (nSPS) is 10.4. The highest BCUT2D eigenvalue weighted by atomic mass is 16.3. The van der Waals surface area contributed by atoms with Crippen LogP contribution in [-0.4, -0.2) is 17.6 Å². The number of phenolic OH excluding ortho intramolecular Hbond substituents is 1. The maximum atomic E-state index is 12.4. The summed E-state index contributed by atoms with van der Waals surface area (Å²) in [5, 5.41) is 9.55. The van der Waals surface area contributed by atoms with Crippen LogP contribution >= 0.6 is 0 Å². The lowest BCUT2D eigenvalue weighted by Crippen LogP contribution is -2.30. The minimum Gasteiger partial charge on any atom is -0.508 e. The van der Waals surface area contributed by atoms with Gasteiger partial charge in [-0.1, -0.05) is 30.3 Å². The molecule has 3 heteroatoms. The molecule has 0 saturated carbocycles. The highest BCUT2D eigenvalue weighted by Gasteiger charge is 2.14. The van der Waals surface area contributed by atoms with Crippen LogP contribution in [0.1, 0.15) is 24.5 Å². The minimum atomic E-state index is 0.0753. The van der Waals surface area contributed by atoms with Crippen molar-refractivity contribution >= 4 is 11.6 Å². The Labute approximate surface area is 125 Å². The summed E-state index contributed by atoms with van der Waals surface area (Å²) in [7, 11) is 0. The molecule has 2 aromatic carbocycles. The summed E-state index contributed by atoms with van der Waals surface area (Å²) in [6.45, 7) is 4.60. The fraction of sp³-hybridized carbons (Fsp3) is 0.278. The zero-order valence-electron chi connectivity index (χ0n) is 12.5. The zero-order chi connectivity index (χ0) is 15.2. The summed E-state index contributed by atoms with van der Waals surface area (Å²) in [6.07, 6.45) is 1.20. The Morgan fingerprint density at radius 3 is 2.57 bits per heavy atom. The van der Waals surface area contributed by atoms with Crippen LogP contribution in [0.15, 0.2) is 48.5 Å². The largest absolute Gasteiger partial charge is 0.508 e. The van der Waals surface area contributed by atoms with Gasteiger partial charge in [-0.05, 0) is 43.5 Å². The molecule has 110 valence electrons. The minimum absolute atomic E-state index is 0.0753. The molecular weight excluding hydrogens is 262 g/mol. The molecule has 21 heavy (non-hydrogen) atoms. The monoisotopic (exact) mass is 283 g/mol. The number of amides is 1. The van der Waals surface area contributed by atoms with E-state index in [0.717, 1.165) is 12.1 Å². The standard InChI is InChI=1S/C18H21NO2/c1-3-19(16-9-6-10-17(20)13-16)18(21)12-11-15-8-5-4-7-14(15)2/h4-10,13,20H,3,11-12H2,1-2H3. The molecule has 3 nitrogen and oxygen atoms in total. The Bertz CT molecular complexity index is 622. The number of hydrogen-bond acceptors (Lipinski definition) is 2. The van der Waals surface area contributed by atoms with E-state index in [-0.39, 0.29) is 11.7 Å². The number of aromatic hydroxyl groups is 1. The molecular formula is C18H21NO2. The fourth-order valence-electron chi connectivity index (χ4n) is 2.43. The van der Waals surface area contributed by atoms with Crippen LogP contribution in [-0.2, 0) is 11.2 Å². The number of carbonyl (C=O) groups is 1. The third-order valence-electron chi connectivity index (χ3n) is 3.63. The van der Waals surface area contributed by atoms with Gasteiger partial charge in [0.1, 0.15) is 5.75 Å². The predicted molar refractivity (Wildman–Crippen MR) is 85.6 cm³/mol. The van der Waals surface area contributed by atoms with Crippen LogP contribution in [0.25, 0.3) is 0 Å². The molecule has 0 bridgehead atoms. The van der Waals surface area contributed by atoms with Gasteiger partial charge in [0, 0.05) is 24.7 Å². The molecule has 2 rings (SSSR count). The molecule has 0 aliphatic carbocycles. The van der Waals surface area contributed by atoms with Gasteiger partial charge in [-0.3, -0.25) is 4.79 Å². The SMILES string of the molecule is CCN(C(=O)CCc1ccccc1C)c1cccc(O)c1. The van der Waals surface area contributed by atoms with Gasteiger partial charge >= 0.3 is 0 Å². The van der Waals surface area contributed by atoms with Crippen molar-refractivity contribution in [3.63, 3.8) is 0 Å². The van der Waals surface area contributed by atoms with Crippen LogP contribution < -0.4 is 4.90 Å². The van der Waals surface area contributed by atoms with Gasteiger partial charge in [-0.2, -0.15) is 0 Å². The van der Waals surface area contributed by atoms with Crippen molar-refractivity contribution in [3.8, 4) is 5.75 Å². The van der Waals surface area contributed by atoms with Crippen LogP contribution in [0.3, 0.4) is 0 Å². The topological polar surface area (TPSA) is 40.5 Å². The van der Waals surface area contributed by atoms with Crippen LogP contribution in [0.5, 0.6) is 5.75 Å². The second kappa shape index (κ2) is 6.93. The van der Waals surface area contributed by atoms with Crippen LogP contribution in [0, 0.1) is 6.92 Å². The Morgan fingerprint density at radius 2 is 1.90 bits per heavy atom.